The Hall–Kier alpha value is -1.59. The summed E-state index contributed by atoms with van der Waals surface area (Å²) in [6.45, 7) is 7.43. The van der Waals surface area contributed by atoms with Crippen molar-refractivity contribution in [3.05, 3.63) is 0 Å². The lowest BCUT2D eigenvalue weighted by molar-refractivity contribution is -0.165. The van der Waals surface area contributed by atoms with Gasteiger partial charge in [-0.05, 0) is 26.7 Å². The molecule has 20 heavy (non-hydrogen) atoms. The smallest absolute Gasteiger partial charge is 0.320 e. The second-order valence-corrected chi connectivity index (χ2v) is 4.16. The van der Waals surface area contributed by atoms with Gasteiger partial charge in [-0.2, -0.15) is 0 Å². The zero-order valence-electron chi connectivity index (χ0n) is 12.6. The van der Waals surface area contributed by atoms with Gasteiger partial charge in [0.2, 0.25) is 0 Å². The summed E-state index contributed by atoms with van der Waals surface area (Å²) in [7, 11) is 0. The van der Waals surface area contributed by atoms with Crippen molar-refractivity contribution >= 4 is 17.9 Å². The van der Waals surface area contributed by atoms with Gasteiger partial charge in [0.15, 0.2) is 5.92 Å². The summed E-state index contributed by atoms with van der Waals surface area (Å²) in [5.41, 5.74) is 0. The highest BCUT2D eigenvalue weighted by Crippen LogP contribution is 2.23. The van der Waals surface area contributed by atoms with Crippen LogP contribution in [-0.2, 0) is 28.6 Å². The monoisotopic (exact) mass is 288 g/mol. The van der Waals surface area contributed by atoms with E-state index in [0.717, 1.165) is 0 Å². The van der Waals surface area contributed by atoms with Gasteiger partial charge in [0.05, 0.1) is 19.8 Å². The highest BCUT2D eigenvalue weighted by atomic mass is 16.6. The van der Waals surface area contributed by atoms with E-state index >= 15 is 0 Å². The molecular weight excluding hydrogens is 264 g/mol. The van der Waals surface area contributed by atoms with Crippen LogP contribution in [0.3, 0.4) is 0 Å². The first kappa shape index (κ1) is 18.4. The molecule has 0 aromatic carbocycles. The van der Waals surface area contributed by atoms with Crippen molar-refractivity contribution in [3.63, 3.8) is 0 Å². The molecule has 0 rings (SSSR count). The number of hydrogen-bond donors (Lipinski definition) is 0. The maximum atomic E-state index is 11.9. The Labute approximate surface area is 119 Å². The van der Waals surface area contributed by atoms with E-state index in [4.69, 9.17) is 14.2 Å². The minimum absolute atomic E-state index is 0.00731. The Morgan fingerprint density at radius 1 is 0.800 bits per heavy atom. The molecule has 0 fully saturated rings. The van der Waals surface area contributed by atoms with E-state index in [-0.39, 0.29) is 26.2 Å². The van der Waals surface area contributed by atoms with Crippen LogP contribution in [0.4, 0.5) is 0 Å². The van der Waals surface area contributed by atoms with Crippen molar-refractivity contribution in [1.82, 2.24) is 0 Å². The Balaban J connectivity index is 4.98. The van der Waals surface area contributed by atoms with Crippen LogP contribution in [-0.4, -0.2) is 37.7 Å². The lowest BCUT2D eigenvalue weighted by Crippen LogP contribution is -2.35. The molecule has 0 radical (unpaired) electrons. The van der Waals surface area contributed by atoms with E-state index < -0.39 is 29.7 Å². The Bertz CT molecular complexity index is 308. The molecule has 0 aliphatic carbocycles. The molecule has 0 saturated heterocycles. The van der Waals surface area contributed by atoms with Gasteiger partial charge in [-0.1, -0.05) is 13.3 Å². The van der Waals surface area contributed by atoms with Gasteiger partial charge in [0.1, 0.15) is 0 Å². The van der Waals surface area contributed by atoms with Crippen LogP contribution >= 0.6 is 0 Å². The van der Waals surface area contributed by atoms with Crippen molar-refractivity contribution in [2.24, 2.45) is 11.8 Å². The van der Waals surface area contributed by atoms with Crippen molar-refractivity contribution in [3.8, 4) is 0 Å². The molecule has 0 bridgehead atoms. The highest BCUT2D eigenvalue weighted by Gasteiger charge is 2.37. The van der Waals surface area contributed by atoms with Crippen LogP contribution in [0.5, 0.6) is 0 Å². The molecule has 6 heteroatoms. The quantitative estimate of drug-likeness (QED) is 0.365. The van der Waals surface area contributed by atoms with Gasteiger partial charge in [-0.15, -0.1) is 0 Å². The van der Waals surface area contributed by atoms with Crippen molar-refractivity contribution < 1.29 is 28.6 Å². The molecule has 6 nitrogen and oxygen atoms in total. The number of esters is 3. The molecule has 1 unspecified atom stereocenters. The Morgan fingerprint density at radius 2 is 1.25 bits per heavy atom. The summed E-state index contributed by atoms with van der Waals surface area (Å²) in [6, 6.07) is 0. The fourth-order valence-corrected chi connectivity index (χ4v) is 1.88. The van der Waals surface area contributed by atoms with E-state index in [1.807, 2.05) is 0 Å². The molecule has 0 N–H and O–H groups in total. The number of carbonyl (C=O) groups is 3. The van der Waals surface area contributed by atoms with Crippen LogP contribution in [0, 0.1) is 11.8 Å². The summed E-state index contributed by atoms with van der Waals surface area (Å²) < 4.78 is 14.7. The van der Waals surface area contributed by atoms with E-state index in [9.17, 15) is 14.4 Å². The predicted molar refractivity (Wildman–Crippen MR) is 71.8 cm³/mol. The summed E-state index contributed by atoms with van der Waals surface area (Å²) in [4.78, 5) is 35.4. The van der Waals surface area contributed by atoms with Crippen LogP contribution in [0.1, 0.15) is 40.5 Å². The van der Waals surface area contributed by atoms with Crippen LogP contribution in [0.25, 0.3) is 0 Å². The maximum Gasteiger partial charge on any atom is 0.320 e. The standard InChI is InChI=1S/C14H24O6/c1-5-10(9-11(15)18-6-2)12(13(16)19-7-3)14(17)20-8-4/h10,12H,5-9H2,1-4H3. The number of rotatable bonds is 9. The second kappa shape index (κ2) is 10.2. The van der Waals surface area contributed by atoms with E-state index in [0.29, 0.717) is 6.42 Å². The predicted octanol–water partition coefficient (Wildman–Crippen LogP) is 1.71. The van der Waals surface area contributed by atoms with E-state index in [1.54, 1.807) is 27.7 Å². The zero-order valence-corrected chi connectivity index (χ0v) is 12.6. The Morgan fingerprint density at radius 3 is 1.60 bits per heavy atom. The third kappa shape index (κ3) is 6.04. The van der Waals surface area contributed by atoms with E-state index in [1.165, 1.54) is 0 Å². The third-order valence-corrected chi connectivity index (χ3v) is 2.81. The average molecular weight is 288 g/mol. The topological polar surface area (TPSA) is 78.9 Å². The van der Waals surface area contributed by atoms with Gasteiger partial charge < -0.3 is 14.2 Å². The first-order valence-electron chi connectivity index (χ1n) is 7.00. The summed E-state index contributed by atoms with van der Waals surface area (Å²) in [5.74, 6) is -3.29. The highest BCUT2D eigenvalue weighted by molar-refractivity contribution is 5.95. The molecule has 0 heterocycles. The molecule has 116 valence electrons. The average Bonchev–Trinajstić information content (AvgIpc) is 2.38. The minimum Gasteiger partial charge on any atom is -0.466 e. The van der Waals surface area contributed by atoms with Gasteiger partial charge >= 0.3 is 17.9 Å². The molecule has 1 atom stereocenters. The normalized spacial score (nSPS) is 11.8. The number of carbonyl (C=O) groups excluding carboxylic acids is 3. The number of hydrogen-bond acceptors (Lipinski definition) is 6. The summed E-state index contributed by atoms with van der Waals surface area (Å²) in [5, 5.41) is 0. The van der Waals surface area contributed by atoms with Gasteiger partial charge in [0, 0.05) is 6.42 Å². The van der Waals surface area contributed by atoms with Crippen LogP contribution in [0.2, 0.25) is 0 Å². The molecule has 0 saturated carbocycles. The second-order valence-electron chi connectivity index (χ2n) is 4.16. The van der Waals surface area contributed by atoms with Crippen molar-refractivity contribution in [2.45, 2.75) is 40.5 Å². The molecule has 0 aromatic rings. The first-order valence-corrected chi connectivity index (χ1v) is 7.00. The van der Waals surface area contributed by atoms with E-state index in [2.05, 4.69) is 0 Å². The van der Waals surface area contributed by atoms with Crippen molar-refractivity contribution in [2.75, 3.05) is 19.8 Å². The molecular formula is C14H24O6. The fourth-order valence-electron chi connectivity index (χ4n) is 1.88. The summed E-state index contributed by atoms with van der Waals surface area (Å²) >= 11 is 0. The Kier molecular flexibility index (Phi) is 9.41. The summed E-state index contributed by atoms with van der Waals surface area (Å²) in [6.07, 6.45) is 0.466. The van der Waals surface area contributed by atoms with Gasteiger partial charge in [0.25, 0.3) is 0 Å². The van der Waals surface area contributed by atoms with Crippen molar-refractivity contribution in [1.29, 1.82) is 0 Å². The number of ether oxygens (including phenoxy) is 3. The van der Waals surface area contributed by atoms with Crippen LogP contribution < -0.4 is 0 Å². The van der Waals surface area contributed by atoms with Crippen LogP contribution in [0.15, 0.2) is 0 Å². The first-order chi connectivity index (χ1) is 9.51. The third-order valence-electron chi connectivity index (χ3n) is 2.81. The lowest BCUT2D eigenvalue weighted by Gasteiger charge is -2.22. The largest absolute Gasteiger partial charge is 0.466 e. The fraction of sp³-hybridized carbons (Fsp3) is 0.786. The molecule has 0 spiro atoms. The SMILES string of the molecule is CCOC(=O)CC(CC)C(C(=O)OCC)C(=O)OCC. The maximum absolute atomic E-state index is 11.9. The molecule has 0 amide bonds. The lowest BCUT2D eigenvalue weighted by atomic mass is 9.87. The zero-order chi connectivity index (χ0) is 15.5. The molecule has 0 aromatic heterocycles. The van der Waals surface area contributed by atoms with Gasteiger partial charge in [-0.25, -0.2) is 0 Å². The van der Waals surface area contributed by atoms with Gasteiger partial charge in [-0.3, -0.25) is 14.4 Å². The minimum atomic E-state index is -1.08. The molecule has 0 aliphatic rings. The molecule has 0 aliphatic heterocycles.